The van der Waals surface area contributed by atoms with Gasteiger partial charge in [-0.2, -0.15) is 0 Å². The third-order valence-corrected chi connectivity index (χ3v) is 5.36. The van der Waals surface area contributed by atoms with Crippen LogP contribution in [0.5, 0.6) is 17.2 Å². The second-order valence-electron chi connectivity index (χ2n) is 7.11. The summed E-state index contributed by atoms with van der Waals surface area (Å²) < 4.78 is 17.1. The molecule has 122 valence electrons. The monoisotopic (exact) mass is 306 g/mol. The lowest BCUT2D eigenvalue weighted by Crippen LogP contribution is -2.50. The van der Waals surface area contributed by atoms with Gasteiger partial charge in [-0.3, -0.25) is 0 Å². The number of ether oxygens (including phenoxy) is 3. The van der Waals surface area contributed by atoms with Crippen LogP contribution in [0.1, 0.15) is 45.1 Å². The molecular weight excluding hydrogens is 280 g/mol. The average molecular weight is 306 g/mol. The maximum atomic E-state index is 10.8. The van der Waals surface area contributed by atoms with E-state index in [1.54, 1.807) is 14.2 Å². The third kappa shape index (κ3) is 2.24. The quantitative estimate of drug-likeness (QED) is 0.930. The number of hydrogen-bond acceptors (Lipinski definition) is 4. The van der Waals surface area contributed by atoms with Crippen molar-refractivity contribution in [2.45, 2.75) is 51.2 Å². The largest absolute Gasteiger partial charge is 0.496 e. The molecule has 1 aliphatic carbocycles. The smallest absolute Gasteiger partial charge is 0.134 e. The molecule has 22 heavy (non-hydrogen) atoms. The number of rotatable bonds is 3. The van der Waals surface area contributed by atoms with Crippen LogP contribution in [0.2, 0.25) is 0 Å². The average Bonchev–Trinajstić information content (AvgIpc) is 2.86. The van der Waals surface area contributed by atoms with Gasteiger partial charge in [0.05, 0.1) is 19.8 Å². The highest BCUT2D eigenvalue weighted by molar-refractivity contribution is 5.56. The summed E-state index contributed by atoms with van der Waals surface area (Å²) in [7, 11) is 3.31. The maximum absolute atomic E-state index is 10.8. The van der Waals surface area contributed by atoms with E-state index in [4.69, 9.17) is 14.2 Å². The molecule has 0 amide bonds. The predicted molar refractivity (Wildman–Crippen MR) is 84.9 cm³/mol. The molecule has 4 atom stereocenters. The van der Waals surface area contributed by atoms with E-state index in [9.17, 15) is 5.11 Å². The van der Waals surface area contributed by atoms with Crippen molar-refractivity contribution in [1.29, 1.82) is 0 Å². The molecule has 1 N–H and O–H groups in total. The fraction of sp³-hybridized carbons (Fsp3) is 0.667. The van der Waals surface area contributed by atoms with Crippen molar-refractivity contribution in [3.05, 3.63) is 17.7 Å². The summed E-state index contributed by atoms with van der Waals surface area (Å²) >= 11 is 0. The molecule has 1 aliphatic heterocycles. The van der Waals surface area contributed by atoms with E-state index in [0.29, 0.717) is 11.8 Å². The summed E-state index contributed by atoms with van der Waals surface area (Å²) in [6.45, 7) is 6.38. The summed E-state index contributed by atoms with van der Waals surface area (Å²) in [5.41, 5.74) is 0.278. The number of benzene rings is 1. The van der Waals surface area contributed by atoms with Gasteiger partial charge in [-0.1, -0.05) is 13.8 Å². The first-order chi connectivity index (χ1) is 10.4. The molecule has 3 rings (SSSR count). The normalized spacial score (nSPS) is 33.1. The van der Waals surface area contributed by atoms with Gasteiger partial charge in [-0.15, -0.1) is 0 Å². The molecule has 1 heterocycles. The van der Waals surface area contributed by atoms with Gasteiger partial charge in [-0.25, -0.2) is 0 Å². The first-order valence-corrected chi connectivity index (χ1v) is 8.04. The highest BCUT2D eigenvalue weighted by atomic mass is 16.5. The topological polar surface area (TPSA) is 47.9 Å². The molecule has 0 saturated heterocycles. The van der Waals surface area contributed by atoms with Crippen LogP contribution in [0.25, 0.3) is 0 Å². The molecule has 1 aromatic carbocycles. The van der Waals surface area contributed by atoms with Crippen LogP contribution in [0.3, 0.4) is 0 Å². The van der Waals surface area contributed by atoms with Gasteiger partial charge < -0.3 is 19.3 Å². The summed E-state index contributed by atoms with van der Waals surface area (Å²) in [5.74, 6) is 3.48. The second kappa shape index (κ2) is 5.34. The van der Waals surface area contributed by atoms with Crippen molar-refractivity contribution in [2.75, 3.05) is 14.2 Å². The third-order valence-electron chi connectivity index (χ3n) is 5.36. The Bertz CT molecular complexity index is 564. The predicted octanol–water partition coefficient (Wildman–Crippen LogP) is 3.37. The Labute approximate surface area is 132 Å². The van der Waals surface area contributed by atoms with E-state index in [0.717, 1.165) is 35.7 Å². The molecule has 0 aromatic heterocycles. The van der Waals surface area contributed by atoms with Gasteiger partial charge in [0.25, 0.3) is 0 Å². The Morgan fingerprint density at radius 2 is 2.00 bits per heavy atom. The minimum absolute atomic E-state index is 0.166. The number of fused-ring (bicyclic) bond motifs is 3. The van der Waals surface area contributed by atoms with Crippen molar-refractivity contribution < 1.29 is 19.3 Å². The summed E-state index contributed by atoms with van der Waals surface area (Å²) in [6.07, 6.45) is 1.55. The van der Waals surface area contributed by atoms with Crippen molar-refractivity contribution in [3.8, 4) is 17.2 Å². The van der Waals surface area contributed by atoms with Crippen molar-refractivity contribution in [3.63, 3.8) is 0 Å². The summed E-state index contributed by atoms with van der Waals surface area (Å²) in [5, 5.41) is 10.8. The summed E-state index contributed by atoms with van der Waals surface area (Å²) in [6, 6.07) is 3.81. The van der Waals surface area contributed by atoms with Crippen LogP contribution in [-0.2, 0) is 0 Å². The molecule has 1 fully saturated rings. The van der Waals surface area contributed by atoms with E-state index in [-0.39, 0.29) is 12.0 Å². The Morgan fingerprint density at radius 3 is 2.59 bits per heavy atom. The molecule has 0 bridgehead atoms. The molecular formula is C18H26O4. The molecule has 4 heteroatoms. The zero-order valence-electron chi connectivity index (χ0n) is 14.1. The van der Waals surface area contributed by atoms with Gasteiger partial charge >= 0.3 is 0 Å². The van der Waals surface area contributed by atoms with Gasteiger partial charge in [0.15, 0.2) is 0 Å². The van der Waals surface area contributed by atoms with E-state index < -0.39 is 5.60 Å². The lowest BCUT2D eigenvalue weighted by Gasteiger charge is -2.44. The molecule has 2 aliphatic rings. The Morgan fingerprint density at radius 1 is 1.27 bits per heavy atom. The number of aliphatic hydroxyl groups is 1. The first kappa shape index (κ1) is 15.5. The zero-order chi connectivity index (χ0) is 16.1. The number of methoxy groups -OCH3 is 2. The van der Waals surface area contributed by atoms with Crippen molar-refractivity contribution >= 4 is 0 Å². The Kier molecular flexibility index (Phi) is 3.76. The zero-order valence-corrected chi connectivity index (χ0v) is 14.1. The molecule has 4 nitrogen and oxygen atoms in total. The maximum Gasteiger partial charge on any atom is 0.134 e. The van der Waals surface area contributed by atoms with Gasteiger partial charge in [0, 0.05) is 23.6 Å². The van der Waals surface area contributed by atoms with Crippen molar-refractivity contribution in [1.82, 2.24) is 0 Å². The highest BCUT2D eigenvalue weighted by Gasteiger charge is 2.54. The van der Waals surface area contributed by atoms with Gasteiger partial charge in [0.2, 0.25) is 0 Å². The van der Waals surface area contributed by atoms with Crippen LogP contribution in [0.4, 0.5) is 0 Å². The summed E-state index contributed by atoms with van der Waals surface area (Å²) in [4.78, 5) is 0. The lowest BCUT2D eigenvalue weighted by molar-refractivity contribution is -0.0918. The van der Waals surface area contributed by atoms with Crippen LogP contribution < -0.4 is 14.2 Å². The van der Waals surface area contributed by atoms with Gasteiger partial charge in [0.1, 0.15) is 23.4 Å². The molecule has 0 radical (unpaired) electrons. The van der Waals surface area contributed by atoms with Crippen LogP contribution in [-0.4, -0.2) is 31.0 Å². The molecule has 1 aromatic rings. The highest BCUT2D eigenvalue weighted by Crippen LogP contribution is 2.57. The standard InChI is InChI=1S/C18H26O4/c1-10(2)12-6-7-18(3,19)17-15(12)16-13(21-5)8-11(20-4)9-14(16)22-17/h8-10,12,15,17,19H,6-7H2,1-5H3/t12-,15+,17-,18-/m1/s1. The second-order valence-corrected chi connectivity index (χ2v) is 7.11. The van der Waals surface area contributed by atoms with E-state index in [2.05, 4.69) is 13.8 Å². The Balaban J connectivity index is 2.13. The van der Waals surface area contributed by atoms with Crippen LogP contribution >= 0.6 is 0 Å². The molecule has 0 unspecified atom stereocenters. The van der Waals surface area contributed by atoms with E-state index >= 15 is 0 Å². The van der Waals surface area contributed by atoms with Crippen LogP contribution in [0, 0.1) is 11.8 Å². The van der Waals surface area contributed by atoms with E-state index in [1.165, 1.54) is 0 Å². The van der Waals surface area contributed by atoms with Gasteiger partial charge in [-0.05, 0) is 31.6 Å². The minimum Gasteiger partial charge on any atom is -0.496 e. The van der Waals surface area contributed by atoms with Crippen LogP contribution in [0.15, 0.2) is 12.1 Å². The molecule has 1 saturated carbocycles. The fourth-order valence-corrected chi connectivity index (χ4v) is 4.13. The van der Waals surface area contributed by atoms with E-state index in [1.807, 2.05) is 19.1 Å². The number of hydrogen-bond donors (Lipinski definition) is 1. The first-order valence-electron chi connectivity index (χ1n) is 8.04. The fourth-order valence-electron chi connectivity index (χ4n) is 4.13. The van der Waals surface area contributed by atoms with Crippen molar-refractivity contribution in [2.24, 2.45) is 11.8 Å². The molecule has 0 spiro atoms. The lowest BCUT2D eigenvalue weighted by atomic mass is 9.65. The minimum atomic E-state index is -0.812. The Hall–Kier alpha value is -1.42. The SMILES string of the molecule is COc1cc(OC)c2c(c1)O[C@@H]1[C@H]2[C@@H](C(C)C)CC[C@@]1(C)O.